The lowest BCUT2D eigenvalue weighted by atomic mass is 10.1. The van der Waals surface area contributed by atoms with Gasteiger partial charge in [0.05, 0.1) is 12.2 Å². The molecule has 0 saturated carbocycles. The first-order valence-electron chi connectivity index (χ1n) is 5.22. The van der Waals surface area contributed by atoms with E-state index in [2.05, 4.69) is 17.6 Å². The molecule has 2 rings (SSSR count). The second kappa shape index (κ2) is 5.70. The number of nitrogens with zero attached hydrogens (tertiary/aromatic N) is 2. The molecule has 0 radical (unpaired) electrons. The van der Waals surface area contributed by atoms with Crippen molar-refractivity contribution < 1.29 is 10.3 Å². The molecule has 6 heteroatoms. The lowest BCUT2D eigenvalue weighted by Gasteiger charge is -2.17. The van der Waals surface area contributed by atoms with Crippen molar-refractivity contribution in [3.8, 4) is 0 Å². The Balaban J connectivity index is 0.00000162. The molecular formula is C12H15N3O2S. The van der Waals surface area contributed by atoms with Gasteiger partial charge in [0.25, 0.3) is 5.91 Å². The fourth-order valence-electron chi connectivity index (χ4n) is 1.80. The molecule has 0 aliphatic heterocycles. The van der Waals surface area contributed by atoms with Gasteiger partial charge < -0.3 is 15.8 Å². The van der Waals surface area contributed by atoms with Gasteiger partial charge in [-0.25, -0.2) is 4.98 Å². The van der Waals surface area contributed by atoms with Gasteiger partial charge in [-0.05, 0) is 12.5 Å². The van der Waals surface area contributed by atoms with Crippen molar-refractivity contribution in [1.82, 2.24) is 9.55 Å². The van der Waals surface area contributed by atoms with Gasteiger partial charge in [-0.3, -0.25) is 4.79 Å². The molecular weight excluding hydrogens is 250 g/mol. The summed E-state index contributed by atoms with van der Waals surface area (Å²) in [6.45, 7) is 1.98. The standard InChI is InChI=1S/C12H13N3OS.H2O/c1-8(9-5-3-2-4-6-9)15-10(11(13)16)7-14-12(15)17;/h2-8H,1H3,(H2,13,16)(H,14,17);1H2. The van der Waals surface area contributed by atoms with Gasteiger partial charge in [0.15, 0.2) is 5.16 Å². The zero-order chi connectivity index (χ0) is 12.4. The molecule has 2 aromatic rings. The van der Waals surface area contributed by atoms with Gasteiger partial charge >= 0.3 is 0 Å². The Bertz CT molecular complexity index is 540. The molecule has 0 spiro atoms. The third-order valence-corrected chi connectivity index (χ3v) is 3.03. The summed E-state index contributed by atoms with van der Waals surface area (Å²) in [5.74, 6) is -0.499. The zero-order valence-electron chi connectivity index (χ0n) is 9.87. The van der Waals surface area contributed by atoms with Crippen LogP contribution >= 0.6 is 12.6 Å². The Morgan fingerprint density at radius 2 is 2.00 bits per heavy atom. The minimum Gasteiger partial charge on any atom is -0.412 e. The van der Waals surface area contributed by atoms with Gasteiger partial charge in [0, 0.05) is 0 Å². The highest BCUT2D eigenvalue weighted by Crippen LogP contribution is 2.23. The number of thiol groups is 1. The Morgan fingerprint density at radius 3 is 2.56 bits per heavy atom. The number of hydrogen-bond acceptors (Lipinski definition) is 3. The number of hydrogen-bond donors (Lipinski definition) is 2. The van der Waals surface area contributed by atoms with E-state index >= 15 is 0 Å². The van der Waals surface area contributed by atoms with Gasteiger partial charge in [-0.2, -0.15) is 0 Å². The lowest BCUT2D eigenvalue weighted by Crippen LogP contribution is -2.19. The van der Waals surface area contributed by atoms with Gasteiger partial charge in [0.1, 0.15) is 5.69 Å². The predicted octanol–water partition coefficient (Wildman–Crippen LogP) is 1.06. The lowest BCUT2D eigenvalue weighted by molar-refractivity contribution is 0.0989. The fraction of sp³-hybridized carbons (Fsp3) is 0.167. The minimum atomic E-state index is -0.499. The molecule has 0 fully saturated rings. The smallest absolute Gasteiger partial charge is 0.267 e. The first kappa shape index (κ1) is 14.3. The monoisotopic (exact) mass is 265 g/mol. The summed E-state index contributed by atoms with van der Waals surface area (Å²) in [5.41, 5.74) is 6.75. The molecule has 4 N–H and O–H groups in total. The quantitative estimate of drug-likeness (QED) is 0.812. The number of benzene rings is 1. The number of rotatable bonds is 3. The van der Waals surface area contributed by atoms with E-state index < -0.39 is 5.91 Å². The van der Waals surface area contributed by atoms with Crippen molar-refractivity contribution >= 4 is 18.5 Å². The van der Waals surface area contributed by atoms with E-state index in [1.54, 1.807) is 4.57 Å². The van der Waals surface area contributed by atoms with Crippen LogP contribution in [-0.4, -0.2) is 20.9 Å². The second-order valence-electron chi connectivity index (χ2n) is 3.76. The molecule has 0 bridgehead atoms. The Morgan fingerprint density at radius 1 is 1.39 bits per heavy atom. The molecule has 1 atom stereocenters. The molecule has 1 aromatic carbocycles. The van der Waals surface area contributed by atoms with Crippen LogP contribution in [0.5, 0.6) is 0 Å². The number of aromatic nitrogens is 2. The van der Waals surface area contributed by atoms with Crippen LogP contribution in [0.2, 0.25) is 0 Å². The summed E-state index contributed by atoms with van der Waals surface area (Å²) in [6.07, 6.45) is 1.45. The van der Waals surface area contributed by atoms with E-state index in [9.17, 15) is 4.79 Å². The number of amides is 1. The van der Waals surface area contributed by atoms with Crippen molar-refractivity contribution in [2.45, 2.75) is 18.1 Å². The van der Waals surface area contributed by atoms with Crippen molar-refractivity contribution in [2.24, 2.45) is 5.73 Å². The molecule has 0 aliphatic rings. The summed E-state index contributed by atoms with van der Waals surface area (Å²) in [7, 11) is 0. The second-order valence-corrected chi connectivity index (χ2v) is 4.16. The van der Waals surface area contributed by atoms with E-state index in [-0.39, 0.29) is 11.5 Å². The summed E-state index contributed by atoms with van der Waals surface area (Å²) < 4.78 is 1.72. The third-order valence-electron chi connectivity index (χ3n) is 2.70. The van der Waals surface area contributed by atoms with Crippen molar-refractivity contribution in [3.05, 3.63) is 47.8 Å². The average Bonchev–Trinajstić information content (AvgIpc) is 2.71. The SMILES string of the molecule is CC(c1ccccc1)n1c(C(N)=O)cnc1S.O. The maximum atomic E-state index is 11.3. The van der Waals surface area contributed by atoms with Crippen LogP contribution in [0.4, 0.5) is 0 Å². The molecule has 1 aromatic heterocycles. The van der Waals surface area contributed by atoms with Crippen LogP contribution in [0.3, 0.4) is 0 Å². The van der Waals surface area contributed by atoms with Crippen LogP contribution in [0, 0.1) is 0 Å². The molecule has 18 heavy (non-hydrogen) atoms. The van der Waals surface area contributed by atoms with Crippen molar-refractivity contribution in [1.29, 1.82) is 0 Å². The molecule has 1 heterocycles. The summed E-state index contributed by atoms with van der Waals surface area (Å²) in [5, 5.41) is 0.482. The summed E-state index contributed by atoms with van der Waals surface area (Å²) in [4.78, 5) is 15.3. The van der Waals surface area contributed by atoms with Crippen LogP contribution in [0.25, 0.3) is 0 Å². The minimum absolute atomic E-state index is 0. The van der Waals surface area contributed by atoms with E-state index in [0.717, 1.165) is 5.56 Å². The Labute approximate surface area is 110 Å². The Kier molecular flexibility index (Phi) is 4.52. The molecule has 96 valence electrons. The first-order chi connectivity index (χ1) is 8.11. The van der Waals surface area contributed by atoms with Crippen LogP contribution in [0.15, 0.2) is 41.7 Å². The normalized spacial score (nSPS) is 11.7. The van der Waals surface area contributed by atoms with E-state index in [1.165, 1.54) is 6.20 Å². The molecule has 0 aliphatic carbocycles. The van der Waals surface area contributed by atoms with Gasteiger partial charge in [-0.1, -0.05) is 30.3 Å². The topological polar surface area (TPSA) is 92.4 Å². The van der Waals surface area contributed by atoms with E-state index in [0.29, 0.717) is 10.9 Å². The summed E-state index contributed by atoms with van der Waals surface area (Å²) in [6, 6.07) is 9.79. The van der Waals surface area contributed by atoms with Crippen LogP contribution in [0.1, 0.15) is 29.0 Å². The zero-order valence-corrected chi connectivity index (χ0v) is 10.8. The predicted molar refractivity (Wildman–Crippen MR) is 71.9 cm³/mol. The van der Waals surface area contributed by atoms with Gasteiger partial charge in [0.2, 0.25) is 0 Å². The van der Waals surface area contributed by atoms with E-state index in [4.69, 9.17) is 5.73 Å². The highest BCUT2D eigenvalue weighted by atomic mass is 32.1. The van der Waals surface area contributed by atoms with Crippen molar-refractivity contribution in [2.75, 3.05) is 0 Å². The average molecular weight is 265 g/mol. The number of carbonyl (C=O) groups excluding carboxylic acids is 1. The Hall–Kier alpha value is -1.79. The van der Waals surface area contributed by atoms with Gasteiger partial charge in [-0.15, -0.1) is 12.6 Å². The van der Waals surface area contributed by atoms with Crippen LogP contribution < -0.4 is 5.73 Å². The highest BCUT2D eigenvalue weighted by Gasteiger charge is 2.18. The largest absolute Gasteiger partial charge is 0.412 e. The maximum Gasteiger partial charge on any atom is 0.267 e. The fourth-order valence-corrected chi connectivity index (χ4v) is 2.13. The maximum absolute atomic E-state index is 11.3. The number of carbonyl (C=O) groups is 1. The molecule has 1 unspecified atom stereocenters. The number of nitrogens with two attached hydrogens (primary N) is 1. The highest BCUT2D eigenvalue weighted by molar-refractivity contribution is 7.80. The molecule has 0 saturated heterocycles. The number of imidazole rings is 1. The molecule has 1 amide bonds. The number of primary amides is 1. The van der Waals surface area contributed by atoms with Crippen molar-refractivity contribution in [3.63, 3.8) is 0 Å². The third kappa shape index (κ3) is 2.55. The van der Waals surface area contributed by atoms with E-state index in [1.807, 2.05) is 37.3 Å². The molecule has 5 nitrogen and oxygen atoms in total. The summed E-state index contributed by atoms with van der Waals surface area (Å²) >= 11 is 4.25. The van der Waals surface area contributed by atoms with Crippen LogP contribution in [-0.2, 0) is 0 Å². The first-order valence-corrected chi connectivity index (χ1v) is 5.67.